The molecule has 2 fully saturated rings. The standard InChI is InChI=1S/C13H17N3O3S/c1-13(2)8(6-9(17)19-13)10(18)14-12-16-15-11(20-12)7-4-3-5-7/h7-8H,3-6H2,1-2H3,(H,14,16,18)/t8-/m1/s1. The molecule has 3 rings (SSSR count). The summed E-state index contributed by atoms with van der Waals surface area (Å²) in [4.78, 5) is 23.6. The van der Waals surface area contributed by atoms with Crippen LogP contribution >= 0.6 is 11.3 Å². The number of hydrogen-bond donors (Lipinski definition) is 1. The summed E-state index contributed by atoms with van der Waals surface area (Å²) in [6.07, 6.45) is 3.66. The highest BCUT2D eigenvalue weighted by Gasteiger charge is 2.46. The highest BCUT2D eigenvalue weighted by atomic mass is 32.1. The molecule has 6 nitrogen and oxygen atoms in total. The summed E-state index contributed by atoms with van der Waals surface area (Å²) < 4.78 is 5.16. The van der Waals surface area contributed by atoms with E-state index in [9.17, 15) is 9.59 Å². The van der Waals surface area contributed by atoms with Crippen molar-refractivity contribution in [1.82, 2.24) is 10.2 Å². The molecule has 7 heteroatoms. The third-order valence-corrected chi connectivity index (χ3v) is 5.03. The van der Waals surface area contributed by atoms with E-state index in [1.165, 1.54) is 17.8 Å². The number of rotatable bonds is 3. The van der Waals surface area contributed by atoms with E-state index in [0.717, 1.165) is 17.8 Å². The minimum absolute atomic E-state index is 0.118. The van der Waals surface area contributed by atoms with Crippen molar-refractivity contribution in [2.75, 3.05) is 5.32 Å². The quantitative estimate of drug-likeness (QED) is 0.863. The highest BCUT2D eigenvalue weighted by Crippen LogP contribution is 2.39. The predicted octanol–water partition coefficient (Wildman–Crippen LogP) is 2.09. The van der Waals surface area contributed by atoms with Gasteiger partial charge < -0.3 is 10.1 Å². The van der Waals surface area contributed by atoms with Crippen molar-refractivity contribution in [3.05, 3.63) is 5.01 Å². The molecule has 108 valence electrons. The zero-order chi connectivity index (χ0) is 14.3. The molecule has 1 amide bonds. The molecule has 1 aromatic heterocycles. The van der Waals surface area contributed by atoms with Crippen molar-refractivity contribution < 1.29 is 14.3 Å². The Hall–Kier alpha value is -1.50. The van der Waals surface area contributed by atoms with Crippen LogP contribution in [0, 0.1) is 5.92 Å². The monoisotopic (exact) mass is 295 g/mol. The summed E-state index contributed by atoms with van der Waals surface area (Å²) in [5, 5.41) is 12.4. The molecule has 1 saturated carbocycles. The smallest absolute Gasteiger partial charge is 0.307 e. The SMILES string of the molecule is CC1(C)OC(=O)C[C@@H]1C(=O)Nc1nnc(C2CCC2)s1. The van der Waals surface area contributed by atoms with E-state index in [4.69, 9.17) is 4.74 Å². The van der Waals surface area contributed by atoms with E-state index in [-0.39, 0.29) is 18.3 Å². The van der Waals surface area contributed by atoms with Crippen LogP contribution in [0.2, 0.25) is 0 Å². The van der Waals surface area contributed by atoms with Gasteiger partial charge in [0.1, 0.15) is 10.6 Å². The van der Waals surface area contributed by atoms with E-state index < -0.39 is 11.5 Å². The van der Waals surface area contributed by atoms with Crippen LogP contribution in [0.3, 0.4) is 0 Å². The number of esters is 1. The molecule has 1 aromatic rings. The summed E-state index contributed by atoms with van der Waals surface area (Å²) >= 11 is 1.42. The minimum atomic E-state index is -0.761. The zero-order valence-electron chi connectivity index (χ0n) is 11.5. The molecule has 1 aliphatic carbocycles. The largest absolute Gasteiger partial charge is 0.459 e. The Kier molecular flexibility index (Phi) is 3.24. The summed E-state index contributed by atoms with van der Waals surface area (Å²) in [5.74, 6) is -0.531. The Balaban J connectivity index is 1.66. The Morgan fingerprint density at radius 2 is 2.15 bits per heavy atom. The molecule has 1 N–H and O–H groups in total. The van der Waals surface area contributed by atoms with Gasteiger partial charge in [-0.2, -0.15) is 0 Å². The first-order valence-corrected chi connectivity index (χ1v) is 7.63. The lowest BCUT2D eigenvalue weighted by Gasteiger charge is -2.23. The maximum Gasteiger partial charge on any atom is 0.307 e. The van der Waals surface area contributed by atoms with E-state index >= 15 is 0 Å². The fourth-order valence-corrected chi connectivity index (χ4v) is 3.44. The Labute approximate surface area is 120 Å². The number of anilines is 1. The van der Waals surface area contributed by atoms with Crippen LogP contribution in [0.5, 0.6) is 0 Å². The molecule has 0 aromatic carbocycles. The number of carbonyl (C=O) groups excluding carboxylic acids is 2. The maximum absolute atomic E-state index is 12.2. The van der Waals surface area contributed by atoms with Crippen LogP contribution in [0.25, 0.3) is 0 Å². The normalized spacial score (nSPS) is 25.1. The van der Waals surface area contributed by atoms with Gasteiger partial charge in [-0.3, -0.25) is 9.59 Å². The fraction of sp³-hybridized carbons (Fsp3) is 0.692. The second-order valence-electron chi connectivity index (χ2n) is 5.90. The maximum atomic E-state index is 12.2. The van der Waals surface area contributed by atoms with Crippen LogP contribution < -0.4 is 5.32 Å². The van der Waals surface area contributed by atoms with Gasteiger partial charge in [0.15, 0.2) is 0 Å². The molecule has 0 unspecified atom stereocenters. The number of nitrogens with one attached hydrogen (secondary N) is 1. The lowest BCUT2D eigenvalue weighted by molar-refractivity contribution is -0.147. The summed E-state index contributed by atoms with van der Waals surface area (Å²) in [5.41, 5.74) is -0.761. The molecule has 1 aliphatic heterocycles. The molecule has 0 spiro atoms. The first-order chi connectivity index (χ1) is 9.45. The molecular weight excluding hydrogens is 278 g/mol. The molecule has 2 heterocycles. The second kappa shape index (κ2) is 4.80. The van der Waals surface area contributed by atoms with Gasteiger partial charge in [0.2, 0.25) is 11.0 Å². The summed E-state index contributed by atoms with van der Waals surface area (Å²) in [6, 6.07) is 0. The van der Waals surface area contributed by atoms with Gasteiger partial charge >= 0.3 is 5.97 Å². The van der Waals surface area contributed by atoms with E-state index in [0.29, 0.717) is 11.0 Å². The number of aromatic nitrogens is 2. The van der Waals surface area contributed by atoms with Crippen molar-refractivity contribution in [2.45, 2.75) is 51.0 Å². The molecule has 1 atom stereocenters. The van der Waals surface area contributed by atoms with Crippen molar-refractivity contribution >= 4 is 28.3 Å². The van der Waals surface area contributed by atoms with Gasteiger partial charge in [0.05, 0.1) is 12.3 Å². The Morgan fingerprint density at radius 3 is 2.70 bits per heavy atom. The van der Waals surface area contributed by atoms with Gasteiger partial charge in [-0.05, 0) is 26.7 Å². The van der Waals surface area contributed by atoms with Crippen LogP contribution in [-0.4, -0.2) is 27.7 Å². The number of ether oxygens (including phenoxy) is 1. The molecule has 0 radical (unpaired) electrons. The average molecular weight is 295 g/mol. The Morgan fingerprint density at radius 1 is 1.40 bits per heavy atom. The van der Waals surface area contributed by atoms with E-state index in [1.54, 1.807) is 13.8 Å². The third kappa shape index (κ3) is 2.42. The van der Waals surface area contributed by atoms with Gasteiger partial charge in [-0.15, -0.1) is 10.2 Å². The van der Waals surface area contributed by atoms with Crippen molar-refractivity contribution in [3.8, 4) is 0 Å². The summed E-state index contributed by atoms with van der Waals surface area (Å²) in [7, 11) is 0. The number of cyclic esters (lactones) is 1. The molecule has 1 saturated heterocycles. The highest BCUT2D eigenvalue weighted by molar-refractivity contribution is 7.15. The molecular formula is C13H17N3O3S. The topological polar surface area (TPSA) is 81.2 Å². The van der Waals surface area contributed by atoms with Gasteiger partial charge in [-0.25, -0.2) is 0 Å². The molecule has 20 heavy (non-hydrogen) atoms. The van der Waals surface area contributed by atoms with Gasteiger partial charge in [0.25, 0.3) is 0 Å². The molecule has 2 aliphatic rings. The van der Waals surface area contributed by atoms with Gasteiger partial charge in [-0.1, -0.05) is 17.8 Å². The van der Waals surface area contributed by atoms with E-state index in [2.05, 4.69) is 15.5 Å². The number of carbonyl (C=O) groups is 2. The van der Waals surface area contributed by atoms with Crippen molar-refractivity contribution in [3.63, 3.8) is 0 Å². The van der Waals surface area contributed by atoms with Crippen molar-refractivity contribution in [1.29, 1.82) is 0 Å². The van der Waals surface area contributed by atoms with Crippen LogP contribution in [-0.2, 0) is 14.3 Å². The fourth-order valence-electron chi connectivity index (χ4n) is 2.52. The second-order valence-corrected chi connectivity index (χ2v) is 6.91. The lowest BCUT2D eigenvalue weighted by Crippen LogP contribution is -2.36. The van der Waals surface area contributed by atoms with Crippen LogP contribution in [0.4, 0.5) is 5.13 Å². The predicted molar refractivity (Wildman–Crippen MR) is 73.4 cm³/mol. The average Bonchev–Trinajstić information content (AvgIpc) is 2.80. The first kappa shape index (κ1) is 13.5. The van der Waals surface area contributed by atoms with E-state index in [1.807, 2.05) is 0 Å². The zero-order valence-corrected chi connectivity index (χ0v) is 12.3. The molecule has 0 bridgehead atoms. The number of nitrogens with zero attached hydrogens (tertiary/aromatic N) is 2. The van der Waals surface area contributed by atoms with Crippen molar-refractivity contribution in [2.24, 2.45) is 5.92 Å². The Bertz CT molecular complexity index is 551. The number of amides is 1. The number of hydrogen-bond acceptors (Lipinski definition) is 6. The first-order valence-electron chi connectivity index (χ1n) is 6.82. The minimum Gasteiger partial charge on any atom is -0.459 e. The third-order valence-electron chi connectivity index (χ3n) is 4.03. The van der Waals surface area contributed by atoms with Gasteiger partial charge in [0, 0.05) is 5.92 Å². The summed E-state index contributed by atoms with van der Waals surface area (Å²) in [6.45, 7) is 3.50. The lowest BCUT2D eigenvalue weighted by atomic mass is 9.86. The van der Waals surface area contributed by atoms with Crippen LogP contribution in [0.15, 0.2) is 0 Å². The van der Waals surface area contributed by atoms with Crippen LogP contribution in [0.1, 0.15) is 50.5 Å².